The molecule has 1 unspecified atom stereocenters. The number of fused-ring (bicyclic) bond motifs is 1. The van der Waals surface area contributed by atoms with Gasteiger partial charge >= 0.3 is 5.97 Å². The lowest BCUT2D eigenvalue weighted by Gasteiger charge is -2.36. The maximum absolute atomic E-state index is 12.3. The van der Waals surface area contributed by atoms with E-state index in [0.29, 0.717) is 0 Å². The van der Waals surface area contributed by atoms with E-state index in [1.807, 2.05) is 0 Å². The first-order chi connectivity index (χ1) is 8.30. The van der Waals surface area contributed by atoms with E-state index in [2.05, 4.69) is 9.97 Å². The average molecular weight is 251 g/mol. The zero-order valence-corrected chi connectivity index (χ0v) is 10.7. The van der Waals surface area contributed by atoms with Crippen LogP contribution < -0.4 is 0 Å². The Bertz CT molecular complexity index is 487. The van der Waals surface area contributed by atoms with Crippen molar-refractivity contribution in [2.24, 2.45) is 5.41 Å². The molecule has 2 heterocycles. The SMILES string of the molecule is CC(C)(C)C(=O)N1Cc2[nH]cnc2CC1C(=O)O. The second-order valence-corrected chi connectivity index (χ2v) is 5.57. The number of rotatable bonds is 1. The van der Waals surface area contributed by atoms with Crippen molar-refractivity contribution >= 4 is 11.9 Å². The van der Waals surface area contributed by atoms with E-state index in [4.69, 9.17) is 0 Å². The number of amides is 1. The van der Waals surface area contributed by atoms with Gasteiger partial charge in [0, 0.05) is 11.8 Å². The average Bonchev–Trinajstić information content (AvgIpc) is 2.71. The van der Waals surface area contributed by atoms with E-state index in [9.17, 15) is 14.7 Å². The van der Waals surface area contributed by atoms with Crippen molar-refractivity contribution in [3.63, 3.8) is 0 Å². The van der Waals surface area contributed by atoms with E-state index in [0.717, 1.165) is 11.4 Å². The fraction of sp³-hybridized carbons (Fsp3) is 0.583. The number of H-pyrrole nitrogens is 1. The van der Waals surface area contributed by atoms with Crippen LogP contribution in [-0.4, -0.2) is 37.9 Å². The number of aromatic amines is 1. The van der Waals surface area contributed by atoms with Gasteiger partial charge in [-0.1, -0.05) is 20.8 Å². The second-order valence-electron chi connectivity index (χ2n) is 5.57. The highest BCUT2D eigenvalue weighted by atomic mass is 16.4. The summed E-state index contributed by atoms with van der Waals surface area (Å²) in [5.41, 5.74) is 0.969. The number of nitrogens with zero attached hydrogens (tertiary/aromatic N) is 2. The predicted molar refractivity (Wildman–Crippen MR) is 63.7 cm³/mol. The molecule has 0 aromatic carbocycles. The van der Waals surface area contributed by atoms with Crippen LogP contribution in [0.4, 0.5) is 0 Å². The van der Waals surface area contributed by atoms with Crippen LogP contribution in [-0.2, 0) is 22.6 Å². The number of carbonyl (C=O) groups excluding carboxylic acids is 1. The zero-order chi connectivity index (χ0) is 13.5. The van der Waals surface area contributed by atoms with Crippen LogP contribution in [0.1, 0.15) is 32.2 Å². The van der Waals surface area contributed by atoms with Crippen molar-refractivity contribution in [1.82, 2.24) is 14.9 Å². The summed E-state index contributed by atoms with van der Waals surface area (Å²) in [5, 5.41) is 9.25. The molecule has 98 valence electrons. The summed E-state index contributed by atoms with van der Waals surface area (Å²) >= 11 is 0. The molecule has 0 fully saturated rings. The lowest BCUT2D eigenvalue weighted by molar-refractivity contribution is -0.155. The monoisotopic (exact) mass is 251 g/mol. The Morgan fingerprint density at radius 2 is 2.17 bits per heavy atom. The molecular weight excluding hydrogens is 234 g/mol. The van der Waals surface area contributed by atoms with Crippen LogP contribution >= 0.6 is 0 Å². The number of hydrogen-bond donors (Lipinski definition) is 2. The van der Waals surface area contributed by atoms with E-state index in [-0.39, 0.29) is 18.9 Å². The highest BCUT2D eigenvalue weighted by molar-refractivity contribution is 5.87. The third kappa shape index (κ3) is 2.10. The third-order valence-corrected chi connectivity index (χ3v) is 3.09. The zero-order valence-electron chi connectivity index (χ0n) is 10.7. The predicted octanol–water partition coefficient (Wildman–Crippen LogP) is 0.794. The number of carbonyl (C=O) groups is 2. The van der Waals surface area contributed by atoms with Crippen LogP contribution in [0.5, 0.6) is 0 Å². The lowest BCUT2D eigenvalue weighted by atomic mass is 9.91. The summed E-state index contributed by atoms with van der Waals surface area (Å²) in [4.78, 5) is 32.1. The molecule has 1 aromatic rings. The number of carboxylic acids is 1. The molecule has 18 heavy (non-hydrogen) atoms. The smallest absolute Gasteiger partial charge is 0.326 e. The van der Waals surface area contributed by atoms with Gasteiger partial charge in [0.25, 0.3) is 0 Å². The molecule has 1 aliphatic heterocycles. The molecule has 2 N–H and O–H groups in total. The van der Waals surface area contributed by atoms with Crippen LogP contribution in [0.2, 0.25) is 0 Å². The van der Waals surface area contributed by atoms with E-state index < -0.39 is 17.4 Å². The molecule has 0 spiro atoms. The summed E-state index contributed by atoms with van der Waals surface area (Å²) in [7, 11) is 0. The number of imidazole rings is 1. The molecule has 0 saturated heterocycles. The Balaban J connectivity index is 2.34. The van der Waals surface area contributed by atoms with Crippen molar-refractivity contribution in [3.8, 4) is 0 Å². The van der Waals surface area contributed by atoms with Crippen LogP contribution in [0.3, 0.4) is 0 Å². The summed E-state index contributed by atoms with van der Waals surface area (Å²) < 4.78 is 0. The molecule has 0 bridgehead atoms. The first kappa shape index (κ1) is 12.6. The summed E-state index contributed by atoms with van der Waals surface area (Å²) in [6.45, 7) is 5.65. The summed E-state index contributed by atoms with van der Waals surface area (Å²) in [6, 6.07) is -0.826. The van der Waals surface area contributed by atoms with Gasteiger partial charge in [0.2, 0.25) is 5.91 Å². The van der Waals surface area contributed by atoms with Gasteiger partial charge in [0.1, 0.15) is 6.04 Å². The van der Waals surface area contributed by atoms with Crippen LogP contribution in [0, 0.1) is 5.41 Å². The summed E-state index contributed by atoms with van der Waals surface area (Å²) in [5.74, 6) is -1.14. The Labute approximate surface area is 105 Å². The van der Waals surface area contributed by atoms with Crippen molar-refractivity contribution < 1.29 is 14.7 Å². The fourth-order valence-electron chi connectivity index (χ4n) is 2.10. The molecule has 2 rings (SSSR count). The molecule has 1 aromatic heterocycles. The minimum atomic E-state index is -0.985. The van der Waals surface area contributed by atoms with Crippen molar-refractivity contribution in [1.29, 1.82) is 0 Å². The quantitative estimate of drug-likeness (QED) is 0.772. The minimum absolute atomic E-state index is 0.157. The normalized spacial score (nSPS) is 19.5. The number of nitrogens with one attached hydrogen (secondary N) is 1. The Morgan fingerprint density at radius 1 is 1.50 bits per heavy atom. The van der Waals surface area contributed by atoms with E-state index >= 15 is 0 Å². The van der Waals surface area contributed by atoms with Crippen LogP contribution in [0.25, 0.3) is 0 Å². The van der Waals surface area contributed by atoms with Gasteiger partial charge in [0.05, 0.1) is 24.3 Å². The lowest BCUT2D eigenvalue weighted by Crippen LogP contribution is -2.52. The Hall–Kier alpha value is -1.85. The fourth-order valence-corrected chi connectivity index (χ4v) is 2.10. The minimum Gasteiger partial charge on any atom is -0.480 e. The van der Waals surface area contributed by atoms with Gasteiger partial charge in [-0.15, -0.1) is 0 Å². The van der Waals surface area contributed by atoms with Gasteiger partial charge in [-0.3, -0.25) is 4.79 Å². The molecule has 6 nitrogen and oxygen atoms in total. The molecule has 1 aliphatic rings. The van der Waals surface area contributed by atoms with Gasteiger partial charge < -0.3 is 15.0 Å². The molecule has 1 amide bonds. The van der Waals surface area contributed by atoms with Crippen molar-refractivity contribution in [3.05, 3.63) is 17.7 Å². The van der Waals surface area contributed by atoms with Crippen molar-refractivity contribution in [2.45, 2.75) is 39.8 Å². The molecule has 1 atom stereocenters. The van der Waals surface area contributed by atoms with Gasteiger partial charge in [-0.2, -0.15) is 0 Å². The highest BCUT2D eigenvalue weighted by Gasteiger charge is 2.39. The van der Waals surface area contributed by atoms with E-state index in [1.165, 1.54) is 11.2 Å². The number of aliphatic carboxylic acids is 1. The third-order valence-electron chi connectivity index (χ3n) is 3.09. The maximum atomic E-state index is 12.3. The van der Waals surface area contributed by atoms with E-state index in [1.54, 1.807) is 20.8 Å². The van der Waals surface area contributed by atoms with Gasteiger partial charge in [-0.05, 0) is 0 Å². The topological polar surface area (TPSA) is 86.3 Å². The van der Waals surface area contributed by atoms with Crippen LogP contribution in [0.15, 0.2) is 6.33 Å². The first-order valence-electron chi connectivity index (χ1n) is 5.85. The second kappa shape index (κ2) is 4.12. The number of aromatic nitrogens is 2. The highest BCUT2D eigenvalue weighted by Crippen LogP contribution is 2.26. The molecule has 0 aliphatic carbocycles. The molecular formula is C12H17N3O3. The van der Waals surface area contributed by atoms with Gasteiger partial charge in [-0.25, -0.2) is 9.78 Å². The molecule has 0 saturated carbocycles. The van der Waals surface area contributed by atoms with Crippen molar-refractivity contribution in [2.75, 3.05) is 0 Å². The summed E-state index contributed by atoms with van der Waals surface area (Å²) in [6.07, 6.45) is 1.80. The number of carboxylic acid groups (broad SMARTS) is 1. The first-order valence-corrected chi connectivity index (χ1v) is 5.85. The largest absolute Gasteiger partial charge is 0.480 e. The molecule has 0 radical (unpaired) electrons. The maximum Gasteiger partial charge on any atom is 0.326 e. The standard InChI is InChI=1S/C12H17N3O3/c1-12(2,3)11(18)15-5-8-7(13-6-14-8)4-9(15)10(16)17/h6,9H,4-5H2,1-3H3,(H,13,14)(H,16,17). The van der Waals surface area contributed by atoms with Gasteiger partial charge in [0.15, 0.2) is 0 Å². The Kier molecular flexibility index (Phi) is 2.88. The number of hydrogen-bond acceptors (Lipinski definition) is 3. The Morgan fingerprint density at radius 3 is 2.72 bits per heavy atom. The molecule has 6 heteroatoms.